The Morgan fingerprint density at radius 2 is 1.79 bits per heavy atom. The number of nitrogens with zero attached hydrogens (tertiary/aromatic N) is 3. The molecule has 148 valence electrons. The minimum atomic E-state index is -0.680. The van der Waals surface area contributed by atoms with E-state index in [0.717, 1.165) is 4.57 Å². The zero-order chi connectivity index (χ0) is 20.4. The molecular formula is C19H19Cl2N3O4. The number of ketones is 1. The van der Waals surface area contributed by atoms with Gasteiger partial charge in [0.25, 0.3) is 5.56 Å². The van der Waals surface area contributed by atoms with Crippen LogP contribution in [0.4, 0.5) is 0 Å². The van der Waals surface area contributed by atoms with Crippen molar-refractivity contribution in [2.75, 3.05) is 26.3 Å². The average Bonchev–Trinajstić information content (AvgIpc) is 2.68. The van der Waals surface area contributed by atoms with Crippen molar-refractivity contribution in [2.24, 2.45) is 14.1 Å². The first-order valence-corrected chi connectivity index (χ1v) is 9.36. The van der Waals surface area contributed by atoms with Gasteiger partial charge in [-0.2, -0.15) is 0 Å². The maximum absolute atomic E-state index is 13.2. The van der Waals surface area contributed by atoms with Crippen LogP contribution in [0.3, 0.4) is 0 Å². The molecule has 9 heteroatoms. The molecule has 1 aliphatic rings. The molecule has 0 unspecified atom stereocenters. The van der Waals surface area contributed by atoms with Gasteiger partial charge in [-0.3, -0.25) is 18.7 Å². The van der Waals surface area contributed by atoms with E-state index in [1.165, 1.54) is 36.9 Å². The molecule has 1 saturated heterocycles. The number of hydrogen-bond donors (Lipinski definition) is 0. The topological polar surface area (TPSA) is 73.5 Å². The maximum Gasteiger partial charge on any atom is 0.330 e. The van der Waals surface area contributed by atoms with Gasteiger partial charge in [-0.1, -0.05) is 23.2 Å². The van der Waals surface area contributed by atoms with Crippen LogP contribution in [0.15, 0.2) is 34.0 Å². The SMILES string of the molecule is Cn1c(/C=C/N2CCOCC2)c(C(=O)c2ccc(Cl)cc2Cl)c(=O)n(C)c1=O. The van der Waals surface area contributed by atoms with Crippen LogP contribution in [0, 0.1) is 0 Å². The molecule has 0 aliphatic carbocycles. The lowest BCUT2D eigenvalue weighted by Crippen LogP contribution is -2.42. The second-order valence-corrected chi connectivity index (χ2v) is 7.23. The standard InChI is InChI=1S/C19H19Cl2N3O4/c1-22-15(5-6-24-7-9-28-10-8-24)16(18(26)23(2)19(22)27)17(25)13-4-3-12(20)11-14(13)21/h3-6,11H,7-10H2,1-2H3/b6-5+. The molecule has 0 amide bonds. The molecule has 1 fully saturated rings. The van der Waals surface area contributed by atoms with Gasteiger partial charge >= 0.3 is 5.69 Å². The van der Waals surface area contributed by atoms with E-state index in [1.54, 1.807) is 12.3 Å². The highest BCUT2D eigenvalue weighted by molar-refractivity contribution is 6.37. The third-order valence-electron chi connectivity index (χ3n) is 4.60. The molecule has 3 rings (SSSR count). The molecule has 0 saturated carbocycles. The largest absolute Gasteiger partial charge is 0.378 e. The fourth-order valence-corrected chi connectivity index (χ4v) is 3.47. The molecule has 1 aromatic heterocycles. The molecule has 7 nitrogen and oxygen atoms in total. The van der Waals surface area contributed by atoms with Gasteiger partial charge in [-0.05, 0) is 24.3 Å². The smallest absolute Gasteiger partial charge is 0.330 e. The number of ether oxygens (including phenoxy) is 1. The van der Waals surface area contributed by atoms with E-state index in [-0.39, 0.29) is 21.8 Å². The predicted octanol–water partition coefficient (Wildman–Crippen LogP) is 1.92. The summed E-state index contributed by atoms with van der Waals surface area (Å²) in [5.74, 6) is -0.570. The van der Waals surface area contributed by atoms with Crippen molar-refractivity contribution in [1.29, 1.82) is 0 Å². The molecule has 1 aromatic carbocycles. The number of morpholine rings is 1. The van der Waals surface area contributed by atoms with Crippen LogP contribution in [0.5, 0.6) is 0 Å². The number of carbonyl (C=O) groups is 1. The molecule has 0 atom stereocenters. The number of carbonyl (C=O) groups excluding carboxylic acids is 1. The van der Waals surface area contributed by atoms with E-state index in [1.807, 2.05) is 4.90 Å². The Morgan fingerprint density at radius 3 is 2.43 bits per heavy atom. The van der Waals surface area contributed by atoms with Crippen LogP contribution in [-0.2, 0) is 18.8 Å². The predicted molar refractivity (Wildman–Crippen MR) is 108 cm³/mol. The Kier molecular flexibility index (Phi) is 6.07. The first kappa shape index (κ1) is 20.4. The van der Waals surface area contributed by atoms with Gasteiger partial charge in [0, 0.05) is 44.0 Å². The second-order valence-electron chi connectivity index (χ2n) is 6.38. The monoisotopic (exact) mass is 423 g/mol. The quantitative estimate of drug-likeness (QED) is 0.702. The van der Waals surface area contributed by atoms with E-state index < -0.39 is 17.0 Å². The van der Waals surface area contributed by atoms with Gasteiger partial charge < -0.3 is 9.64 Å². The molecule has 28 heavy (non-hydrogen) atoms. The summed E-state index contributed by atoms with van der Waals surface area (Å²) in [6.45, 7) is 2.54. The molecule has 1 aliphatic heterocycles. The molecule has 2 heterocycles. The van der Waals surface area contributed by atoms with E-state index >= 15 is 0 Å². The van der Waals surface area contributed by atoms with Gasteiger partial charge in [0.15, 0.2) is 0 Å². The minimum absolute atomic E-state index is 0.127. The van der Waals surface area contributed by atoms with Crippen molar-refractivity contribution in [1.82, 2.24) is 14.0 Å². The van der Waals surface area contributed by atoms with Crippen molar-refractivity contribution in [2.45, 2.75) is 0 Å². The Balaban J connectivity index is 2.16. The lowest BCUT2D eigenvalue weighted by Gasteiger charge is -2.25. The summed E-state index contributed by atoms with van der Waals surface area (Å²) in [7, 11) is 2.85. The summed E-state index contributed by atoms with van der Waals surface area (Å²) >= 11 is 12.1. The summed E-state index contributed by atoms with van der Waals surface area (Å²) in [5.41, 5.74) is -0.970. The number of benzene rings is 1. The number of aromatic nitrogens is 2. The third-order valence-corrected chi connectivity index (χ3v) is 5.15. The molecule has 0 bridgehead atoms. The van der Waals surface area contributed by atoms with Crippen LogP contribution in [-0.4, -0.2) is 46.1 Å². The number of halogens is 2. The number of hydrogen-bond acceptors (Lipinski definition) is 5. The summed E-state index contributed by atoms with van der Waals surface area (Å²) in [6, 6.07) is 4.43. The van der Waals surface area contributed by atoms with Crippen molar-refractivity contribution in [3.8, 4) is 0 Å². The lowest BCUT2D eigenvalue weighted by atomic mass is 10.0. The van der Waals surface area contributed by atoms with Crippen molar-refractivity contribution in [3.05, 3.63) is 72.1 Å². The second kappa shape index (κ2) is 8.34. The van der Waals surface area contributed by atoms with Crippen molar-refractivity contribution >= 4 is 35.1 Å². The van der Waals surface area contributed by atoms with Gasteiger partial charge in [0.1, 0.15) is 5.56 Å². The van der Waals surface area contributed by atoms with Crippen LogP contribution < -0.4 is 11.2 Å². The normalized spacial score (nSPS) is 14.6. The molecular weight excluding hydrogens is 405 g/mol. The Bertz CT molecular complexity index is 1070. The van der Waals surface area contributed by atoms with Crippen LogP contribution >= 0.6 is 23.2 Å². The van der Waals surface area contributed by atoms with Gasteiger partial charge in [-0.15, -0.1) is 0 Å². The lowest BCUT2D eigenvalue weighted by molar-refractivity contribution is 0.0597. The zero-order valence-electron chi connectivity index (χ0n) is 15.4. The third kappa shape index (κ3) is 3.92. The zero-order valence-corrected chi connectivity index (χ0v) is 17.0. The summed E-state index contributed by atoms with van der Waals surface area (Å²) < 4.78 is 7.49. The molecule has 0 spiro atoms. The Morgan fingerprint density at radius 1 is 1.11 bits per heavy atom. The van der Waals surface area contributed by atoms with Crippen LogP contribution in [0.1, 0.15) is 21.6 Å². The summed E-state index contributed by atoms with van der Waals surface area (Å²) in [6.07, 6.45) is 3.36. The first-order chi connectivity index (χ1) is 13.3. The fraction of sp³-hybridized carbons (Fsp3) is 0.316. The van der Waals surface area contributed by atoms with Gasteiger partial charge in [0.2, 0.25) is 5.78 Å². The highest BCUT2D eigenvalue weighted by Gasteiger charge is 2.23. The summed E-state index contributed by atoms with van der Waals surface area (Å²) in [4.78, 5) is 40.3. The van der Waals surface area contributed by atoms with E-state index in [2.05, 4.69) is 0 Å². The Labute approximate surface area is 171 Å². The van der Waals surface area contributed by atoms with Gasteiger partial charge in [0.05, 0.1) is 23.9 Å². The fourth-order valence-electron chi connectivity index (χ4n) is 2.98. The van der Waals surface area contributed by atoms with Crippen molar-refractivity contribution < 1.29 is 9.53 Å². The highest BCUT2D eigenvalue weighted by Crippen LogP contribution is 2.23. The average molecular weight is 424 g/mol. The first-order valence-electron chi connectivity index (χ1n) is 8.61. The van der Waals surface area contributed by atoms with E-state index in [9.17, 15) is 14.4 Å². The van der Waals surface area contributed by atoms with Crippen LogP contribution in [0.2, 0.25) is 10.0 Å². The van der Waals surface area contributed by atoms with Crippen LogP contribution in [0.25, 0.3) is 6.08 Å². The highest BCUT2D eigenvalue weighted by atomic mass is 35.5. The van der Waals surface area contributed by atoms with E-state index in [0.29, 0.717) is 31.3 Å². The molecule has 0 radical (unpaired) electrons. The van der Waals surface area contributed by atoms with Gasteiger partial charge in [-0.25, -0.2) is 4.79 Å². The number of rotatable bonds is 4. The summed E-state index contributed by atoms with van der Waals surface area (Å²) in [5, 5.41) is 0.513. The van der Waals surface area contributed by atoms with Crippen molar-refractivity contribution in [3.63, 3.8) is 0 Å². The molecule has 2 aromatic rings. The Hall–Kier alpha value is -2.35. The maximum atomic E-state index is 13.2. The minimum Gasteiger partial charge on any atom is -0.378 e. The molecule has 0 N–H and O–H groups in total. The van der Waals surface area contributed by atoms with E-state index in [4.69, 9.17) is 27.9 Å².